The fourth-order valence-electron chi connectivity index (χ4n) is 2.92. The van der Waals surface area contributed by atoms with Crippen LogP contribution in [0.1, 0.15) is 28.4 Å². The van der Waals surface area contributed by atoms with Gasteiger partial charge in [-0.15, -0.1) is 11.3 Å². The molecule has 0 radical (unpaired) electrons. The third-order valence-electron chi connectivity index (χ3n) is 4.51. The van der Waals surface area contributed by atoms with Gasteiger partial charge < -0.3 is 15.2 Å². The van der Waals surface area contributed by atoms with Crippen molar-refractivity contribution in [1.82, 2.24) is 0 Å². The lowest BCUT2D eigenvalue weighted by molar-refractivity contribution is -0.112. The summed E-state index contributed by atoms with van der Waals surface area (Å²) in [5.41, 5.74) is 2.84. The Labute approximate surface area is 197 Å². The number of aryl methyl sites for hydroxylation is 1. The molecule has 1 amide bonds. The summed E-state index contributed by atoms with van der Waals surface area (Å²) < 4.78 is 5.89. The van der Waals surface area contributed by atoms with Crippen LogP contribution in [0.2, 0.25) is 0 Å². The summed E-state index contributed by atoms with van der Waals surface area (Å²) in [7, 11) is 0. The van der Waals surface area contributed by atoms with E-state index in [2.05, 4.69) is 21.2 Å². The SMILES string of the molecule is CCOC(=O)c1c(-c2ccc(C)cc2)csc1NC(=O)C(C#N)=Cc1cc(Br)ccc1O. The van der Waals surface area contributed by atoms with Crippen molar-refractivity contribution in [1.29, 1.82) is 5.26 Å². The van der Waals surface area contributed by atoms with Crippen LogP contribution in [0.15, 0.2) is 57.9 Å². The lowest BCUT2D eigenvalue weighted by Crippen LogP contribution is -2.16. The maximum atomic E-state index is 12.8. The van der Waals surface area contributed by atoms with E-state index >= 15 is 0 Å². The van der Waals surface area contributed by atoms with Crippen LogP contribution in [0.3, 0.4) is 0 Å². The highest BCUT2D eigenvalue weighted by molar-refractivity contribution is 9.10. The molecule has 0 bridgehead atoms. The number of carbonyl (C=O) groups excluding carboxylic acids is 2. The summed E-state index contributed by atoms with van der Waals surface area (Å²) in [4.78, 5) is 25.5. The number of aromatic hydroxyl groups is 1. The zero-order valence-electron chi connectivity index (χ0n) is 17.3. The number of ether oxygens (including phenoxy) is 1. The number of hydrogen-bond acceptors (Lipinski definition) is 6. The quantitative estimate of drug-likeness (QED) is 0.243. The molecule has 0 aliphatic heterocycles. The van der Waals surface area contributed by atoms with Crippen LogP contribution >= 0.6 is 27.3 Å². The Hall–Kier alpha value is -3.41. The van der Waals surface area contributed by atoms with Gasteiger partial charge in [-0.1, -0.05) is 45.8 Å². The third-order valence-corrected chi connectivity index (χ3v) is 5.90. The zero-order valence-corrected chi connectivity index (χ0v) is 19.7. The van der Waals surface area contributed by atoms with Crippen molar-refractivity contribution >= 4 is 50.2 Å². The molecule has 0 spiro atoms. The number of phenols is 1. The fraction of sp³-hybridized carbons (Fsp3) is 0.125. The summed E-state index contributed by atoms with van der Waals surface area (Å²) in [5.74, 6) is -1.33. The number of rotatable bonds is 6. The van der Waals surface area contributed by atoms with Crippen LogP contribution in [-0.4, -0.2) is 23.6 Å². The third kappa shape index (κ3) is 5.25. The number of carbonyl (C=O) groups is 2. The number of nitriles is 1. The second-order valence-electron chi connectivity index (χ2n) is 6.77. The highest BCUT2D eigenvalue weighted by Crippen LogP contribution is 2.36. The smallest absolute Gasteiger partial charge is 0.341 e. The molecule has 1 heterocycles. The normalized spacial score (nSPS) is 11.0. The first-order valence-electron chi connectivity index (χ1n) is 9.61. The first-order chi connectivity index (χ1) is 15.3. The van der Waals surface area contributed by atoms with Gasteiger partial charge in [0.25, 0.3) is 5.91 Å². The predicted octanol–water partition coefficient (Wildman–Crippen LogP) is 5.91. The number of thiophene rings is 1. The first kappa shape index (κ1) is 23.3. The van der Waals surface area contributed by atoms with Gasteiger partial charge in [0, 0.05) is 21.0 Å². The molecule has 162 valence electrons. The Bertz CT molecular complexity index is 1240. The zero-order chi connectivity index (χ0) is 23.3. The van der Waals surface area contributed by atoms with E-state index in [1.165, 1.54) is 23.5 Å². The highest BCUT2D eigenvalue weighted by atomic mass is 79.9. The van der Waals surface area contributed by atoms with E-state index in [-0.39, 0.29) is 28.5 Å². The van der Waals surface area contributed by atoms with Gasteiger partial charge in [0.2, 0.25) is 0 Å². The number of amides is 1. The molecule has 0 aliphatic carbocycles. The van der Waals surface area contributed by atoms with Gasteiger partial charge in [0.15, 0.2) is 0 Å². The van der Waals surface area contributed by atoms with Crippen molar-refractivity contribution < 1.29 is 19.4 Å². The van der Waals surface area contributed by atoms with Gasteiger partial charge >= 0.3 is 5.97 Å². The number of hydrogen-bond donors (Lipinski definition) is 2. The van der Waals surface area contributed by atoms with Gasteiger partial charge in [-0.2, -0.15) is 5.26 Å². The highest BCUT2D eigenvalue weighted by Gasteiger charge is 2.24. The minimum Gasteiger partial charge on any atom is -0.507 e. The molecule has 8 heteroatoms. The molecule has 0 fully saturated rings. The summed E-state index contributed by atoms with van der Waals surface area (Å²) in [6.45, 7) is 3.85. The van der Waals surface area contributed by atoms with Crippen LogP contribution < -0.4 is 5.32 Å². The molecule has 0 aliphatic rings. The topological polar surface area (TPSA) is 99.4 Å². The Kier molecular flexibility index (Phi) is 7.46. The monoisotopic (exact) mass is 510 g/mol. The molecule has 0 unspecified atom stereocenters. The number of nitrogens with one attached hydrogen (secondary N) is 1. The van der Waals surface area contributed by atoms with Crippen LogP contribution in [0, 0.1) is 18.3 Å². The molecule has 0 saturated heterocycles. The molecule has 3 rings (SSSR count). The number of halogens is 1. The molecule has 3 aromatic rings. The lowest BCUT2D eigenvalue weighted by atomic mass is 10.0. The standard InChI is InChI=1S/C24H19BrN2O4S/c1-3-31-24(30)21-19(15-6-4-14(2)5-7-15)13-32-23(21)27-22(29)17(12-26)10-16-11-18(25)8-9-20(16)28/h4-11,13,28H,3H2,1-2H3,(H,27,29). The number of anilines is 1. The molecular weight excluding hydrogens is 492 g/mol. The second kappa shape index (κ2) is 10.3. The molecule has 6 nitrogen and oxygen atoms in total. The minimum atomic E-state index is -0.699. The van der Waals surface area contributed by atoms with Crippen molar-refractivity contribution in [3.8, 4) is 22.9 Å². The fourth-order valence-corrected chi connectivity index (χ4v) is 4.25. The van der Waals surface area contributed by atoms with Crippen molar-refractivity contribution in [3.05, 3.63) is 74.6 Å². The van der Waals surface area contributed by atoms with E-state index in [9.17, 15) is 20.0 Å². The first-order valence-corrected chi connectivity index (χ1v) is 11.3. The molecule has 2 N–H and O–H groups in total. The Morgan fingerprint density at radius 2 is 1.97 bits per heavy atom. The summed E-state index contributed by atoms with van der Waals surface area (Å²) in [5, 5.41) is 24.2. The van der Waals surface area contributed by atoms with E-state index in [1.54, 1.807) is 24.4 Å². The van der Waals surface area contributed by atoms with E-state index in [0.717, 1.165) is 11.1 Å². The van der Waals surface area contributed by atoms with Crippen LogP contribution in [0.4, 0.5) is 5.00 Å². The van der Waals surface area contributed by atoms with Crippen LogP contribution in [-0.2, 0) is 9.53 Å². The van der Waals surface area contributed by atoms with E-state index in [4.69, 9.17) is 4.74 Å². The number of benzene rings is 2. The molecule has 0 saturated carbocycles. The molecule has 0 atom stereocenters. The summed E-state index contributed by atoms with van der Waals surface area (Å²) >= 11 is 4.47. The molecule has 1 aromatic heterocycles. The average Bonchev–Trinajstić information content (AvgIpc) is 3.18. The van der Waals surface area contributed by atoms with Gasteiger partial charge in [-0.25, -0.2) is 4.79 Å². The molecule has 32 heavy (non-hydrogen) atoms. The van der Waals surface area contributed by atoms with Crippen molar-refractivity contribution in [2.45, 2.75) is 13.8 Å². The van der Waals surface area contributed by atoms with Gasteiger partial charge in [0.05, 0.1) is 6.61 Å². The predicted molar refractivity (Wildman–Crippen MR) is 128 cm³/mol. The molecular formula is C24H19BrN2O4S. The van der Waals surface area contributed by atoms with Crippen LogP contribution in [0.25, 0.3) is 17.2 Å². The van der Waals surface area contributed by atoms with Gasteiger partial charge in [-0.3, -0.25) is 4.79 Å². The largest absolute Gasteiger partial charge is 0.507 e. The van der Waals surface area contributed by atoms with E-state index in [1.807, 2.05) is 37.3 Å². The number of nitrogens with zero attached hydrogens (tertiary/aromatic N) is 1. The lowest BCUT2D eigenvalue weighted by Gasteiger charge is -2.09. The van der Waals surface area contributed by atoms with Crippen molar-refractivity contribution in [2.24, 2.45) is 0 Å². The van der Waals surface area contributed by atoms with Crippen molar-refractivity contribution in [3.63, 3.8) is 0 Å². The van der Waals surface area contributed by atoms with E-state index < -0.39 is 11.9 Å². The summed E-state index contributed by atoms with van der Waals surface area (Å²) in [6.07, 6.45) is 1.29. The molecule has 2 aromatic carbocycles. The maximum Gasteiger partial charge on any atom is 0.341 e. The number of phenolic OH excluding ortho intramolecular Hbond substituents is 1. The maximum absolute atomic E-state index is 12.8. The van der Waals surface area contributed by atoms with Gasteiger partial charge in [0.1, 0.15) is 28.0 Å². The summed E-state index contributed by atoms with van der Waals surface area (Å²) in [6, 6.07) is 14.2. The van der Waals surface area contributed by atoms with E-state index in [0.29, 0.717) is 15.6 Å². The average molecular weight is 511 g/mol. The minimum absolute atomic E-state index is 0.0706. The Morgan fingerprint density at radius 3 is 2.62 bits per heavy atom. The number of esters is 1. The van der Waals surface area contributed by atoms with Crippen molar-refractivity contribution in [2.75, 3.05) is 11.9 Å². The Balaban J connectivity index is 1.98. The van der Waals surface area contributed by atoms with Crippen LogP contribution in [0.5, 0.6) is 5.75 Å². The Morgan fingerprint density at radius 1 is 1.25 bits per heavy atom. The second-order valence-corrected chi connectivity index (χ2v) is 8.56. The van der Waals surface area contributed by atoms with Gasteiger partial charge in [-0.05, 0) is 43.7 Å².